The van der Waals surface area contributed by atoms with Crippen LogP contribution < -0.4 is 5.32 Å². The largest absolute Gasteiger partial charge is 0.376 e. The fourth-order valence-corrected chi connectivity index (χ4v) is 3.04. The Labute approximate surface area is 123 Å². The van der Waals surface area contributed by atoms with Gasteiger partial charge >= 0.3 is 0 Å². The van der Waals surface area contributed by atoms with Crippen LogP contribution in [0.2, 0.25) is 0 Å². The lowest BCUT2D eigenvalue weighted by Gasteiger charge is -2.34. The van der Waals surface area contributed by atoms with Crippen LogP contribution >= 0.6 is 0 Å². The van der Waals surface area contributed by atoms with Crippen LogP contribution in [0.25, 0.3) is 0 Å². The zero-order valence-corrected chi connectivity index (χ0v) is 13.0. The van der Waals surface area contributed by atoms with Crippen molar-refractivity contribution in [3.8, 4) is 0 Å². The molecule has 0 amide bonds. The highest BCUT2D eigenvalue weighted by Gasteiger charge is 2.29. The molecule has 0 aliphatic heterocycles. The highest BCUT2D eigenvalue weighted by Crippen LogP contribution is 2.32. The van der Waals surface area contributed by atoms with Gasteiger partial charge in [-0.3, -0.25) is 0 Å². The van der Waals surface area contributed by atoms with Crippen molar-refractivity contribution in [3.63, 3.8) is 0 Å². The van der Waals surface area contributed by atoms with Crippen LogP contribution in [0, 0.1) is 0 Å². The Hall–Kier alpha value is -0.860. The summed E-state index contributed by atoms with van der Waals surface area (Å²) in [5.41, 5.74) is 2.95. The van der Waals surface area contributed by atoms with Crippen LogP contribution in [0.15, 0.2) is 24.3 Å². The van der Waals surface area contributed by atoms with Crippen LogP contribution in [0.3, 0.4) is 0 Å². The molecule has 2 nitrogen and oxygen atoms in total. The van der Waals surface area contributed by atoms with E-state index >= 15 is 0 Å². The molecule has 2 rings (SSSR count). The molecule has 0 spiro atoms. The molecule has 2 atom stereocenters. The van der Waals surface area contributed by atoms with E-state index < -0.39 is 0 Å². The van der Waals surface area contributed by atoms with Gasteiger partial charge in [-0.2, -0.15) is 0 Å². The Morgan fingerprint density at radius 1 is 1.15 bits per heavy atom. The van der Waals surface area contributed by atoms with Gasteiger partial charge in [-0.05, 0) is 43.4 Å². The van der Waals surface area contributed by atoms with Gasteiger partial charge in [0.2, 0.25) is 0 Å². The van der Waals surface area contributed by atoms with Gasteiger partial charge in [-0.15, -0.1) is 0 Å². The maximum atomic E-state index is 6.19. The van der Waals surface area contributed by atoms with Gasteiger partial charge in [0, 0.05) is 6.61 Å². The van der Waals surface area contributed by atoms with E-state index in [1.165, 1.54) is 36.8 Å². The van der Waals surface area contributed by atoms with Gasteiger partial charge in [0.05, 0.1) is 12.1 Å². The van der Waals surface area contributed by atoms with Crippen LogP contribution in [0.4, 0.5) is 0 Å². The molecule has 2 heteroatoms. The lowest BCUT2D eigenvalue weighted by atomic mass is 9.85. The summed E-state index contributed by atoms with van der Waals surface area (Å²) in [5, 5.41) is 3.69. The van der Waals surface area contributed by atoms with Crippen molar-refractivity contribution in [1.82, 2.24) is 5.32 Å². The first-order chi connectivity index (χ1) is 9.86. The molecule has 0 heterocycles. The summed E-state index contributed by atoms with van der Waals surface area (Å²) >= 11 is 0. The number of fused-ring (bicyclic) bond motifs is 1. The summed E-state index contributed by atoms with van der Waals surface area (Å²) in [6, 6.07) is 9.21. The number of rotatable bonds is 8. The molecule has 1 N–H and O–H groups in total. The lowest BCUT2D eigenvalue weighted by molar-refractivity contribution is 0.0137. The van der Waals surface area contributed by atoms with Crippen molar-refractivity contribution in [2.45, 2.75) is 64.5 Å². The van der Waals surface area contributed by atoms with Crippen molar-refractivity contribution in [1.29, 1.82) is 0 Å². The summed E-state index contributed by atoms with van der Waals surface area (Å²) in [7, 11) is 0. The second kappa shape index (κ2) is 8.43. The Morgan fingerprint density at radius 2 is 2.00 bits per heavy atom. The molecule has 0 radical (unpaired) electrons. The van der Waals surface area contributed by atoms with Crippen molar-refractivity contribution < 1.29 is 4.74 Å². The predicted octanol–water partition coefficient (Wildman–Crippen LogP) is 4.25. The Morgan fingerprint density at radius 3 is 2.80 bits per heavy atom. The summed E-state index contributed by atoms with van der Waals surface area (Å²) in [5.74, 6) is 0. The minimum absolute atomic E-state index is 0.341. The third-order valence-electron chi connectivity index (χ3n) is 4.15. The topological polar surface area (TPSA) is 21.3 Å². The maximum Gasteiger partial charge on any atom is 0.0773 e. The molecule has 1 aromatic carbocycles. The number of hydrogen-bond acceptors (Lipinski definition) is 2. The fraction of sp³-hybridized carbons (Fsp3) is 0.667. The van der Waals surface area contributed by atoms with Crippen LogP contribution in [0.1, 0.15) is 63.1 Å². The number of unbranched alkanes of at least 4 members (excludes halogenated alkanes) is 2. The molecule has 0 saturated carbocycles. The van der Waals surface area contributed by atoms with Crippen LogP contribution in [0.5, 0.6) is 0 Å². The Bertz CT molecular complexity index is 391. The first kappa shape index (κ1) is 15.5. The first-order valence-corrected chi connectivity index (χ1v) is 8.29. The van der Waals surface area contributed by atoms with Crippen molar-refractivity contribution in [2.75, 3.05) is 13.2 Å². The molecular formula is C18H29NO. The molecule has 112 valence electrons. The maximum absolute atomic E-state index is 6.19. The average molecular weight is 275 g/mol. The van der Waals surface area contributed by atoms with Crippen molar-refractivity contribution in [2.24, 2.45) is 0 Å². The second-order valence-electron chi connectivity index (χ2n) is 5.79. The molecule has 20 heavy (non-hydrogen) atoms. The fourth-order valence-electron chi connectivity index (χ4n) is 3.04. The number of aryl methyl sites for hydroxylation is 1. The average Bonchev–Trinajstić information content (AvgIpc) is 2.50. The van der Waals surface area contributed by atoms with E-state index in [9.17, 15) is 0 Å². The van der Waals surface area contributed by atoms with E-state index in [2.05, 4.69) is 43.4 Å². The standard InChI is InChI=1S/C18H29NO/c1-3-5-8-14-20-17-12-11-15-9-6-7-10-16(15)18(17)19-13-4-2/h6-7,9-10,17-19H,3-5,8,11-14H2,1-2H3. The van der Waals surface area contributed by atoms with Gasteiger partial charge in [-0.1, -0.05) is 51.0 Å². The van der Waals surface area contributed by atoms with Gasteiger partial charge in [0.1, 0.15) is 0 Å². The normalized spacial score (nSPS) is 21.7. The minimum Gasteiger partial charge on any atom is -0.376 e. The highest BCUT2D eigenvalue weighted by atomic mass is 16.5. The van der Waals surface area contributed by atoms with Crippen molar-refractivity contribution >= 4 is 0 Å². The van der Waals surface area contributed by atoms with Gasteiger partial charge in [-0.25, -0.2) is 0 Å². The van der Waals surface area contributed by atoms with Gasteiger partial charge < -0.3 is 10.1 Å². The van der Waals surface area contributed by atoms with Gasteiger partial charge in [0.15, 0.2) is 0 Å². The SMILES string of the molecule is CCCCCOC1CCc2ccccc2C1NCCC. The number of hydrogen-bond donors (Lipinski definition) is 1. The second-order valence-corrected chi connectivity index (χ2v) is 5.79. The molecule has 0 saturated heterocycles. The molecule has 0 aromatic heterocycles. The smallest absolute Gasteiger partial charge is 0.0773 e. The van der Waals surface area contributed by atoms with E-state index in [4.69, 9.17) is 4.74 Å². The third kappa shape index (κ3) is 4.07. The zero-order chi connectivity index (χ0) is 14.2. The minimum atomic E-state index is 0.341. The Kier molecular flexibility index (Phi) is 6.55. The number of nitrogens with one attached hydrogen (secondary N) is 1. The highest BCUT2D eigenvalue weighted by molar-refractivity contribution is 5.33. The molecule has 0 bridgehead atoms. The summed E-state index contributed by atoms with van der Waals surface area (Å²) in [6.45, 7) is 6.43. The summed E-state index contributed by atoms with van der Waals surface area (Å²) in [6.07, 6.45) is 7.53. The molecule has 1 aliphatic carbocycles. The van der Waals surface area contributed by atoms with Crippen LogP contribution in [-0.2, 0) is 11.2 Å². The van der Waals surface area contributed by atoms with Crippen LogP contribution in [-0.4, -0.2) is 19.3 Å². The van der Waals surface area contributed by atoms with E-state index in [1.807, 2.05) is 0 Å². The van der Waals surface area contributed by atoms with Crippen molar-refractivity contribution in [3.05, 3.63) is 35.4 Å². The van der Waals surface area contributed by atoms with E-state index in [-0.39, 0.29) is 0 Å². The Balaban J connectivity index is 2.00. The zero-order valence-electron chi connectivity index (χ0n) is 13.0. The summed E-state index contributed by atoms with van der Waals surface area (Å²) in [4.78, 5) is 0. The van der Waals surface area contributed by atoms with E-state index in [0.717, 1.165) is 26.0 Å². The summed E-state index contributed by atoms with van der Waals surface area (Å²) < 4.78 is 6.19. The predicted molar refractivity (Wildman–Crippen MR) is 85.1 cm³/mol. The number of benzene rings is 1. The third-order valence-corrected chi connectivity index (χ3v) is 4.15. The molecular weight excluding hydrogens is 246 g/mol. The van der Waals surface area contributed by atoms with Gasteiger partial charge in [0.25, 0.3) is 0 Å². The van der Waals surface area contributed by atoms with E-state index in [0.29, 0.717) is 12.1 Å². The monoisotopic (exact) mass is 275 g/mol. The quantitative estimate of drug-likeness (QED) is 0.716. The molecule has 1 aliphatic rings. The molecule has 0 fully saturated rings. The molecule has 2 unspecified atom stereocenters. The number of ether oxygens (including phenoxy) is 1. The van der Waals surface area contributed by atoms with E-state index in [1.54, 1.807) is 0 Å². The molecule has 1 aromatic rings. The lowest BCUT2D eigenvalue weighted by Crippen LogP contribution is -2.38. The first-order valence-electron chi connectivity index (χ1n) is 8.29.